The van der Waals surface area contributed by atoms with E-state index in [2.05, 4.69) is 21.3 Å². The second-order valence-corrected chi connectivity index (χ2v) is 7.31. The van der Waals surface area contributed by atoms with Gasteiger partial charge < -0.3 is 5.32 Å². The molecule has 0 radical (unpaired) electrons. The van der Waals surface area contributed by atoms with Gasteiger partial charge in [-0.2, -0.15) is 0 Å². The van der Waals surface area contributed by atoms with E-state index >= 15 is 0 Å². The summed E-state index contributed by atoms with van der Waals surface area (Å²) in [4.78, 5) is 4.18. The van der Waals surface area contributed by atoms with Crippen molar-refractivity contribution in [3.8, 4) is 0 Å². The molecule has 0 atom stereocenters. The summed E-state index contributed by atoms with van der Waals surface area (Å²) in [7, 11) is -2.26. The molecule has 0 unspecified atom stereocenters. The van der Waals surface area contributed by atoms with E-state index in [0.29, 0.717) is 11.7 Å². The first-order valence-corrected chi connectivity index (χ1v) is 8.90. The van der Waals surface area contributed by atoms with Crippen LogP contribution >= 0.6 is 0 Å². The molecule has 0 spiro atoms. The molecule has 0 amide bonds. The summed E-state index contributed by atoms with van der Waals surface area (Å²) in [5.41, 5.74) is 7.12. The van der Waals surface area contributed by atoms with Crippen LogP contribution in [0.3, 0.4) is 0 Å². The minimum absolute atomic E-state index is 0.0109. The minimum atomic E-state index is -3.88. The maximum atomic E-state index is 13.1. The first kappa shape index (κ1) is 15.6. The van der Waals surface area contributed by atoms with Crippen LogP contribution in [0.25, 0.3) is 0 Å². The third-order valence-electron chi connectivity index (χ3n) is 3.97. The predicted molar refractivity (Wildman–Crippen MR) is 91.4 cm³/mol. The van der Waals surface area contributed by atoms with Gasteiger partial charge in [-0.25, -0.2) is 17.8 Å². The van der Waals surface area contributed by atoms with Crippen molar-refractivity contribution in [2.45, 2.75) is 4.90 Å². The van der Waals surface area contributed by atoms with Crippen molar-refractivity contribution in [3.05, 3.63) is 70.8 Å². The molecule has 2 aliphatic rings. The Morgan fingerprint density at radius 1 is 1.08 bits per heavy atom. The van der Waals surface area contributed by atoms with Gasteiger partial charge in [0.2, 0.25) is 9.84 Å². The molecule has 2 aromatic rings. The van der Waals surface area contributed by atoms with Crippen molar-refractivity contribution in [2.75, 3.05) is 12.1 Å². The van der Waals surface area contributed by atoms with Crippen molar-refractivity contribution in [3.63, 3.8) is 0 Å². The molecular weight excluding hydrogens is 345 g/mol. The van der Waals surface area contributed by atoms with Crippen LogP contribution < -0.4 is 21.3 Å². The number of halogens is 1. The fourth-order valence-electron chi connectivity index (χ4n) is 2.77. The van der Waals surface area contributed by atoms with Gasteiger partial charge in [0.05, 0.1) is 10.6 Å². The fraction of sp³-hybridized carbons (Fsp3) is 0.0625. The molecule has 2 aliphatic heterocycles. The number of sulfone groups is 1. The summed E-state index contributed by atoms with van der Waals surface area (Å²) in [6, 6.07) is 12.1. The van der Waals surface area contributed by atoms with Gasteiger partial charge in [-0.1, -0.05) is 12.1 Å². The van der Waals surface area contributed by atoms with Crippen LogP contribution in [0, 0.1) is 5.82 Å². The van der Waals surface area contributed by atoms with Gasteiger partial charge in [0.25, 0.3) is 0 Å². The number of nitrogens with zero attached hydrogens (tertiary/aromatic N) is 2. The van der Waals surface area contributed by atoms with Crippen molar-refractivity contribution in [1.82, 2.24) is 16.3 Å². The number of hydrazine groups is 2. The van der Waals surface area contributed by atoms with Gasteiger partial charge >= 0.3 is 0 Å². The Balaban J connectivity index is 1.86. The first-order valence-electron chi connectivity index (χ1n) is 7.42. The number of para-hydroxylation sites is 1. The maximum absolute atomic E-state index is 13.1. The fourth-order valence-corrected chi connectivity index (χ4v) is 4.07. The topological polar surface area (TPSA) is 85.8 Å². The highest BCUT2D eigenvalue weighted by Crippen LogP contribution is 2.32. The molecule has 4 rings (SSSR count). The number of hydrogen-bond donors (Lipinski definition) is 3. The van der Waals surface area contributed by atoms with Gasteiger partial charge in [0, 0.05) is 12.6 Å². The Hall–Kier alpha value is -2.91. The average molecular weight is 359 g/mol. The highest BCUT2D eigenvalue weighted by Gasteiger charge is 2.37. The summed E-state index contributed by atoms with van der Waals surface area (Å²) < 4.78 is 38.9. The second-order valence-electron chi connectivity index (χ2n) is 5.42. The van der Waals surface area contributed by atoms with Crippen LogP contribution in [0.1, 0.15) is 5.56 Å². The van der Waals surface area contributed by atoms with Crippen molar-refractivity contribution >= 4 is 21.4 Å². The highest BCUT2D eigenvalue weighted by molar-refractivity contribution is 7.95. The van der Waals surface area contributed by atoms with Crippen LogP contribution in [-0.2, 0) is 9.84 Å². The molecule has 3 N–H and O–H groups in total. The highest BCUT2D eigenvalue weighted by atomic mass is 32.2. The number of aliphatic imine (C=N–C) groups is 1. The molecule has 0 bridgehead atoms. The third kappa shape index (κ3) is 2.36. The lowest BCUT2D eigenvalue weighted by molar-refractivity contribution is 0.591. The summed E-state index contributed by atoms with van der Waals surface area (Å²) in [6.07, 6.45) is 0. The molecule has 2 heterocycles. The summed E-state index contributed by atoms with van der Waals surface area (Å²) in [5.74, 6) is 0.364. The lowest BCUT2D eigenvalue weighted by Gasteiger charge is -2.29. The van der Waals surface area contributed by atoms with Crippen molar-refractivity contribution in [1.29, 1.82) is 0 Å². The number of fused-ring (bicyclic) bond motifs is 3. The van der Waals surface area contributed by atoms with Gasteiger partial charge in [0.15, 0.2) is 10.9 Å². The van der Waals surface area contributed by atoms with Crippen molar-refractivity contribution < 1.29 is 12.8 Å². The Kier molecular flexibility index (Phi) is 3.48. The van der Waals surface area contributed by atoms with Gasteiger partial charge in [0.1, 0.15) is 11.7 Å². The molecule has 128 valence electrons. The molecule has 0 fully saturated rings. The van der Waals surface area contributed by atoms with E-state index < -0.39 is 15.7 Å². The lowest BCUT2D eigenvalue weighted by atomic mass is 10.1. The van der Waals surface area contributed by atoms with E-state index in [-0.39, 0.29) is 9.92 Å². The van der Waals surface area contributed by atoms with Gasteiger partial charge in [-0.05, 0) is 36.4 Å². The van der Waals surface area contributed by atoms with E-state index in [9.17, 15) is 12.8 Å². The monoisotopic (exact) mass is 359 g/mol. The zero-order valence-electron chi connectivity index (χ0n) is 13.1. The molecule has 0 saturated carbocycles. The van der Waals surface area contributed by atoms with Crippen LogP contribution in [-0.4, -0.2) is 21.3 Å². The molecule has 9 heteroatoms. The summed E-state index contributed by atoms with van der Waals surface area (Å²) in [5, 5.41) is 4.57. The van der Waals surface area contributed by atoms with Crippen LogP contribution in [0.2, 0.25) is 0 Å². The quantitative estimate of drug-likeness (QED) is 0.700. The normalized spacial score (nSPS) is 17.8. The Morgan fingerprint density at radius 2 is 1.80 bits per heavy atom. The number of anilines is 1. The van der Waals surface area contributed by atoms with E-state index in [4.69, 9.17) is 0 Å². The Morgan fingerprint density at radius 3 is 2.52 bits per heavy atom. The zero-order valence-corrected chi connectivity index (χ0v) is 13.9. The van der Waals surface area contributed by atoms with E-state index in [1.54, 1.807) is 12.1 Å². The molecule has 0 aromatic heterocycles. The molecular formula is C16H14FN5O2S. The molecule has 2 aromatic carbocycles. The SMILES string of the molecule is CN=C1NC2=C(S(=O)(=O)c3ccc(F)cc3)NNN2c2ccccc21. The number of rotatable bonds is 2. The third-order valence-corrected chi connectivity index (χ3v) is 5.70. The van der Waals surface area contributed by atoms with Gasteiger partial charge in [-0.15, -0.1) is 5.53 Å². The Labute approximate surface area is 143 Å². The second kappa shape index (κ2) is 5.57. The van der Waals surface area contributed by atoms with E-state index in [0.717, 1.165) is 23.4 Å². The van der Waals surface area contributed by atoms with Crippen LogP contribution in [0.5, 0.6) is 0 Å². The van der Waals surface area contributed by atoms with Crippen LogP contribution in [0.4, 0.5) is 10.1 Å². The molecule has 7 nitrogen and oxygen atoms in total. The van der Waals surface area contributed by atoms with E-state index in [1.165, 1.54) is 12.1 Å². The molecule has 0 saturated heterocycles. The average Bonchev–Trinajstić information content (AvgIpc) is 3.06. The zero-order chi connectivity index (χ0) is 17.6. The molecule has 0 aliphatic carbocycles. The minimum Gasteiger partial charge on any atom is -0.323 e. The maximum Gasteiger partial charge on any atom is 0.226 e. The number of benzene rings is 2. The molecule has 25 heavy (non-hydrogen) atoms. The van der Waals surface area contributed by atoms with Gasteiger partial charge in [-0.3, -0.25) is 10.4 Å². The smallest absolute Gasteiger partial charge is 0.226 e. The number of amidine groups is 1. The van der Waals surface area contributed by atoms with E-state index in [1.807, 2.05) is 24.3 Å². The standard InChI is InChI=1S/C16H14FN5O2S/c1-18-14-12-4-2-3-5-13(12)22-15(19-14)16(20-21-22)25(23,24)11-8-6-10(17)7-9-11/h2-9,20-21H,1H3,(H,18,19). The lowest BCUT2D eigenvalue weighted by Crippen LogP contribution is -2.46. The van der Waals surface area contributed by atoms with Crippen molar-refractivity contribution in [2.24, 2.45) is 4.99 Å². The predicted octanol–water partition coefficient (Wildman–Crippen LogP) is 1.23. The Bertz CT molecular complexity index is 1020. The number of hydrogen-bond acceptors (Lipinski definition) is 6. The van der Waals surface area contributed by atoms with Crippen LogP contribution in [0.15, 0.2) is 69.3 Å². The summed E-state index contributed by atoms with van der Waals surface area (Å²) >= 11 is 0. The first-order chi connectivity index (χ1) is 12.0. The summed E-state index contributed by atoms with van der Waals surface area (Å²) in [6.45, 7) is 0. The largest absolute Gasteiger partial charge is 0.323 e. The number of nitrogens with one attached hydrogen (secondary N) is 3.